The maximum Gasteiger partial charge on any atom is 0.255 e. The standard InChI is InChI=1S/C13H12FNO2S/c1-8-4-5-18-12(8)7-15-13(17)10-6-9(14)2-3-11(10)16/h2-6,16H,7H2,1H3,(H,15,17). The van der Waals surface area contributed by atoms with Gasteiger partial charge in [0.15, 0.2) is 0 Å². The molecule has 18 heavy (non-hydrogen) atoms. The molecule has 0 saturated heterocycles. The SMILES string of the molecule is Cc1ccsc1CNC(=O)c1cc(F)ccc1O. The topological polar surface area (TPSA) is 49.3 Å². The van der Waals surface area contributed by atoms with Crippen LogP contribution in [0.1, 0.15) is 20.8 Å². The Labute approximate surface area is 108 Å². The molecule has 0 aliphatic heterocycles. The summed E-state index contributed by atoms with van der Waals surface area (Å²) in [6.45, 7) is 2.33. The summed E-state index contributed by atoms with van der Waals surface area (Å²) in [6.07, 6.45) is 0. The van der Waals surface area contributed by atoms with Gasteiger partial charge in [0.2, 0.25) is 0 Å². The van der Waals surface area contributed by atoms with Crippen molar-refractivity contribution in [3.8, 4) is 5.75 Å². The molecular weight excluding hydrogens is 253 g/mol. The van der Waals surface area contributed by atoms with E-state index in [9.17, 15) is 14.3 Å². The first-order chi connectivity index (χ1) is 8.58. The van der Waals surface area contributed by atoms with Gasteiger partial charge in [-0.3, -0.25) is 4.79 Å². The van der Waals surface area contributed by atoms with Crippen LogP contribution in [0.25, 0.3) is 0 Å². The lowest BCUT2D eigenvalue weighted by atomic mass is 10.2. The summed E-state index contributed by atoms with van der Waals surface area (Å²) >= 11 is 1.54. The molecule has 0 fully saturated rings. The highest BCUT2D eigenvalue weighted by Gasteiger charge is 2.12. The van der Waals surface area contributed by atoms with Crippen molar-refractivity contribution in [3.05, 3.63) is 51.5 Å². The summed E-state index contributed by atoms with van der Waals surface area (Å²) in [4.78, 5) is 12.8. The zero-order valence-electron chi connectivity index (χ0n) is 9.74. The van der Waals surface area contributed by atoms with Crippen LogP contribution < -0.4 is 5.32 Å². The van der Waals surface area contributed by atoms with Gasteiger partial charge in [-0.05, 0) is 42.1 Å². The van der Waals surface area contributed by atoms with Gasteiger partial charge in [-0.15, -0.1) is 11.3 Å². The Balaban J connectivity index is 2.08. The van der Waals surface area contributed by atoms with Crippen molar-refractivity contribution in [1.29, 1.82) is 0 Å². The number of rotatable bonds is 3. The van der Waals surface area contributed by atoms with E-state index in [1.807, 2.05) is 18.4 Å². The van der Waals surface area contributed by atoms with Crippen LogP contribution in [0.2, 0.25) is 0 Å². The maximum absolute atomic E-state index is 13.0. The molecule has 0 atom stereocenters. The molecule has 94 valence electrons. The molecule has 1 amide bonds. The Kier molecular flexibility index (Phi) is 3.62. The fraction of sp³-hybridized carbons (Fsp3) is 0.154. The van der Waals surface area contributed by atoms with Crippen molar-refractivity contribution in [1.82, 2.24) is 5.32 Å². The van der Waals surface area contributed by atoms with E-state index in [0.29, 0.717) is 6.54 Å². The maximum atomic E-state index is 13.0. The quantitative estimate of drug-likeness (QED) is 0.896. The molecular formula is C13H12FNO2S. The third-order valence-electron chi connectivity index (χ3n) is 2.58. The van der Waals surface area contributed by atoms with Crippen molar-refractivity contribution in [2.24, 2.45) is 0 Å². The first-order valence-corrected chi connectivity index (χ1v) is 6.25. The highest BCUT2D eigenvalue weighted by molar-refractivity contribution is 7.10. The number of aromatic hydroxyl groups is 1. The van der Waals surface area contributed by atoms with Gasteiger partial charge in [-0.25, -0.2) is 4.39 Å². The van der Waals surface area contributed by atoms with Gasteiger partial charge in [0.1, 0.15) is 11.6 Å². The molecule has 2 rings (SSSR count). The van der Waals surface area contributed by atoms with Crippen LogP contribution >= 0.6 is 11.3 Å². The van der Waals surface area contributed by atoms with E-state index in [1.165, 1.54) is 6.07 Å². The number of amides is 1. The molecule has 0 aliphatic carbocycles. The summed E-state index contributed by atoms with van der Waals surface area (Å²) in [5.74, 6) is -1.26. The number of thiophene rings is 1. The smallest absolute Gasteiger partial charge is 0.255 e. The number of phenols is 1. The van der Waals surface area contributed by atoms with Crippen molar-refractivity contribution in [2.45, 2.75) is 13.5 Å². The summed E-state index contributed by atoms with van der Waals surface area (Å²) in [7, 11) is 0. The van der Waals surface area contributed by atoms with Crippen LogP contribution in [0.3, 0.4) is 0 Å². The molecule has 2 N–H and O–H groups in total. The molecule has 3 nitrogen and oxygen atoms in total. The molecule has 0 saturated carbocycles. The minimum atomic E-state index is -0.551. The summed E-state index contributed by atoms with van der Waals surface area (Å²) in [5, 5.41) is 14.1. The molecule has 1 aromatic carbocycles. The van der Waals surface area contributed by atoms with Crippen LogP contribution in [0, 0.1) is 12.7 Å². The van der Waals surface area contributed by atoms with E-state index in [2.05, 4.69) is 5.32 Å². The van der Waals surface area contributed by atoms with Crippen LogP contribution in [0.4, 0.5) is 4.39 Å². The number of carbonyl (C=O) groups excluding carboxylic acids is 1. The first-order valence-electron chi connectivity index (χ1n) is 5.37. The normalized spacial score (nSPS) is 10.3. The Morgan fingerprint density at radius 3 is 2.89 bits per heavy atom. The van der Waals surface area contributed by atoms with Gasteiger partial charge in [-0.1, -0.05) is 0 Å². The molecule has 0 bridgehead atoms. The first kappa shape index (κ1) is 12.6. The van der Waals surface area contributed by atoms with Gasteiger partial charge in [0.05, 0.1) is 12.1 Å². The monoisotopic (exact) mass is 265 g/mol. The molecule has 1 aromatic heterocycles. The number of nitrogens with one attached hydrogen (secondary N) is 1. The van der Waals surface area contributed by atoms with Crippen molar-refractivity contribution in [3.63, 3.8) is 0 Å². The van der Waals surface area contributed by atoms with Gasteiger partial charge in [-0.2, -0.15) is 0 Å². The zero-order valence-corrected chi connectivity index (χ0v) is 10.6. The predicted octanol–water partition coefficient (Wildman–Crippen LogP) is 2.83. The Morgan fingerprint density at radius 2 is 2.22 bits per heavy atom. The average molecular weight is 265 g/mol. The van der Waals surface area contributed by atoms with E-state index in [-0.39, 0.29) is 11.3 Å². The minimum Gasteiger partial charge on any atom is -0.507 e. The van der Waals surface area contributed by atoms with Gasteiger partial charge < -0.3 is 10.4 Å². The average Bonchev–Trinajstić information content (AvgIpc) is 2.75. The second kappa shape index (κ2) is 5.18. The van der Waals surface area contributed by atoms with E-state index < -0.39 is 11.7 Å². The van der Waals surface area contributed by atoms with E-state index >= 15 is 0 Å². The third-order valence-corrected chi connectivity index (χ3v) is 3.60. The largest absolute Gasteiger partial charge is 0.507 e. The fourth-order valence-corrected chi connectivity index (χ4v) is 2.38. The summed E-state index contributed by atoms with van der Waals surface area (Å²) < 4.78 is 13.0. The second-order valence-electron chi connectivity index (χ2n) is 3.87. The predicted molar refractivity (Wildman–Crippen MR) is 68.3 cm³/mol. The molecule has 0 aliphatic rings. The zero-order chi connectivity index (χ0) is 13.1. The summed E-state index contributed by atoms with van der Waals surface area (Å²) in [5.41, 5.74) is 1.05. The number of halogens is 1. The number of hydrogen-bond acceptors (Lipinski definition) is 3. The van der Waals surface area contributed by atoms with Crippen molar-refractivity contribution in [2.75, 3.05) is 0 Å². The lowest BCUT2D eigenvalue weighted by Crippen LogP contribution is -2.22. The molecule has 0 radical (unpaired) electrons. The highest BCUT2D eigenvalue weighted by Crippen LogP contribution is 2.19. The van der Waals surface area contributed by atoms with Crippen LogP contribution in [0.5, 0.6) is 5.75 Å². The van der Waals surface area contributed by atoms with Gasteiger partial charge >= 0.3 is 0 Å². The molecule has 2 aromatic rings. The number of benzene rings is 1. The van der Waals surface area contributed by atoms with Crippen LogP contribution in [-0.4, -0.2) is 11.0 Å². The molecule has 5 heteroatoms. The summed E-state index contributed by atoms with van der Waals surface area (Å²) in [6, 6.07) is 5.26. The third kappa shape index (κ3) is 2.68. The van der Waals surface area contributed by atoms with E-state index in [4.69, 9.17) is 0 Å². The Hall–Kier alpha value is -1.88. The Morgan fingerprint density at radius 1 is 1.44 bits per heavy atom. The molecule has 0 unspecified atom stereocenters. The van der Waals surface area contributed by atoms with E-state index in [0.717, 1.165) is 22.6 Å². The second-order valence-corrected chi connectivity index (χ2v) is 4.87. The molecule has 0 spiro atoms. The van der Waals surface area contributed by atoms with E-state index in [1.54, 1.807) is 11.3 Å². The Bertz CT molecular complexity index is 580. The van der Waals surface area contributed by atoms with Crippen molar-refractivity contribution >= 4 is 17.2 Å². The fourth-order valence-electron chi connectivity index (χ4n) is 1.53. The molecule has 1 heterocycles. The minimum absolute atomic E-state index is 0.0517. The number of aryl methyl sites for hydroxylation is 1. The van der Waals surface area contributed by atoms with Crippen molar-refractivity contribution < 1.29 is 14.3 Å². The number of hydrogen-bond donors (Lipinski definition) is 2. The van der Waals surface area contributed by atoms with Crippen LogP contribution in [0.15, 0.2) is 29.6 Å². The lowest BCUT2D eigenvalue weighted by molar-refractivity contribution is 0.0948. The highest BCUT2D eigenvalue weighted by atomic mass is 32.1. The lowest BCUT2D eigenvalue weighted by Gasteiger charge is -2.06. The number of phenolic OH excluding ortho intramolecular Hbond substituents is 1. The number of carbonyl (C=O) groups is 1. The van der Waals surface area contributed by atoms with Gasteiger partial charge in [0, 0.05) is 4.88 Å². The van der Waals surface area contributed by atoms with Crippen LogP contribution in [-0.2, 0) is 6.54 Å². The van der Waals surface area contributed by atoms with Gasteiger partial charge in [0.25, 0.3) is 5.91 Å².